The van der Waals surface area contributed by atoms with Crippen molar-refractivity contribution in [2.45, 2.75) is 12.5 Å². The van der Waals surface area contributed by atoms with Gasteiger partial charge in [-0.1, -0.05) is 34.8 Å². The Labute approximate surface area is 118 Å². The summed E-state index contributed by atoms with van der Waals surface area (Å²) in [4.78, 5) is 22.0. The molecule has 1 atom stereocenters. The van der Waals surface area contributed by atoms with Crippen LogP contribution in [0.25, 0.3) is 0 Å². The molecule has 0 heterocycles. The maximum Gasteiger partial charge on any atom is 0.305 e. The van der Waals surface area contributed by atoms with Crippen molar-refractivity contribution in [1.82, 2.24) is 0 Å². The lowest BCUT2D eigenvalue weighted by atomic mass is 10.2. The van der Waals surface area contributed by atoms with Gasteiger partial charge in [0, 0.05) is 0 Å². The topological polar surface area (TPSA) is 92.4 Å². The second-order valence-electron chi connectivity index (χ2n) is 3.44. The lowest BCUT2D eigenvalue weighted by Gasteiger charge is -2.12. The molecule has 0 aromatic heterocycles. The highest BCUT2D eigenvalue weighted by Crippen LogP contribution is 2.32. The molecule has 0 aliphatic heterocycles. The Morgan fingerprint density at radius 1 is 1.22 bits per heavy atom. The number of rotatable bonds is 4. The van der Waals surface area contributed by atoms with Gasteiger partial charge in [0.05, 0.1) is 33.2 Å². The molecule has 1 rings (SSSR count). The number of carbonyl (C=O) groups is 2. The van der Waals surface area contributed by atoms with Gasteiger partial charge >= 0.3 is 5.97 Å². The predicted octanol–water partition coefficient (Wildman–Crippen LogP) is 2.39. The predicted molar refractivity (Wildman–Crippen MR) is 70.3 cm³/mol. The minimum atomic E-state index is -1.17. The average molecular weight is 312 g/mol. The SMILES string of the molecule is NC(CC(=O)O)C(=O)Nc1cc(Cl)c(Cl)cc1Cl. The Morgan fingerprint density at radius 2 is 1.78 bits per heavy atom. The largest absolute Gasteiger partial charge is 0.481 e. The number of anilines is 1. The first-order chi connectivity index (χ1) is 8.31. The first kappa shape index (κ1) is 15.0. The van der Waals surface area contributed by atoms with Crippen LogP contribution in [0.1, 0.15) is 6.42 Å². The minimum absolute atomic E-state index is 0.181. The van der Waals surface area contributed by atoms with Crippen LogP contribution in [0.3, 0.4) is 0 Å². The zero-order valence-corrected chi connectivity index (χ0v) is 11.2. The molecule has 5 nitrogen and oxygen atoms in total. The smallest absolute Gasteiger partial charge is 0.305 e. The van der Waals surface area contributed by atoms with E-state index in [2.05, 4.69) is 5.32 Å². The van der Waals surface area contributed by atoms with E-state index in [4.69, 9.17) is 45.6 Å². The van der Waals surface area contributed by atoms with Gasteiger partial charge in [0.15, 0.2) is 0 Å². The number of benzene rings is 1. The van der Waals surface area contributed by atoms with Crippen molar-refractivity contribution < 1.29 is 14.7 Å². The van der Waals surface area contributed by atoms with Crippen LogP contribution in [-0.2, 0) is 9.59 Å². The van der Waals surface area contributed by atoms with E-state index < -0.39 is 24.3 Å². The van der Waals surface area contributed by atoms with Crippen molar-refractivity contribution in [2.75, 3.05) is 5.32 Å². The molecule has 0 radical (unpaired) electrons. The van der Waals surface area contributed by atoms with E-state index in [0.717, 1.165) is 0 Å². The number of carboxylic acids is 1. The van der Waals surface area contributed by atoms with Crippen LogP contribution in [0.5, 0.6) is 0 Å². The van der Waals surface area contributed by atoms with Crippen LogP contribution in [0.15, 0.2) is 12.1 Å². The molecule has 4 N–H and O–H groups in total. The summed E-state index contributed by atoms with van der Waals surface area (Å²) >= 11 is 17.3. The Balaban J connectivity index is 2.82. The lowest BCUT2D eigenvalue weighted by Crippen LogP contribution is -2.37. The highest BCUT2D eigenvalue weighted by molar-refractivity contribution is 6.44. The van der Waals surface area contributed by atoms with Crippen LogP contribution in [0.2, 0.25) is 15.1 Å². The minimum Gasteiger partial charge on any atom is -0.481 e. The maximum absolute atomic E-state index is 11.6. The first-order valence-electron chi connectivity index (χ1n) is 4.74. The number of hydrogen-bond acceptors (Lipinski definition) is 3. The Hall–Kier alpha value is -1.01. The third-order valence-corrected chi connectivity index (χ3v) is 3.03. The van der Waals surface area contributed by atoms with Gasteiger partial charge in [-0.25, -0.2) is 0 Å². The molecule has 0 aliphatic rings. The lowest BCUT2D eigenvalue weighted by molar-refractivity contribution is -0.138. The molecule has 18 heavy (non-hydrogen) atoms. The van der Waals surface area contributed by atoms with Crippen molar-refractivity contribution in [3.8, 4) is 0 Å². The molecule has 98 valence electrons. The fraction of sp³-hybridized carbons (Fsp3) is 0.200. The van der Waals surface area contributed by atoms with E-state index in [1.165, 1.54) is 12.1 Å². The monoisotopic (exact) mass is 310 g/mol. The normalized spacial score (nSPS) is 12.0. The Morgan fingerprint density at radius 3 is 2.33 bits per heavy atom. The van der Waals surface area contributed by atoms with E-state index in [1.54, 1.807) is 0 Å². The van der Waals surface area contributed by atoms with Gasteiger partial charge in [-0.15, -0.1) is 0 Å². The molecule has 0 saturated heterocycles. The molecule has 0 fully saturated rings. The van der Waals surface area contributed by atoms with Crippen molar-refractivity contribution >= 4 is 52.4 Å². The van der Waals surface area contributed by atoms with Gasteiger partial charge in [-0.05, 0) is 12.1 Å². The second kappa shape index (κ2) is 6.24. The Kier molecular flexibility index (Phi) is 5.22. The van der Waals surface area contributed by atoms with E-state index in [9.17, 15) is 9.59 Å². The fourth-order valence-electron chi connectivity index (χ4n) is 1.12. The number of aliphatic carboxylic acids is 1. The molecule has 0 aliphatic carbocycles. The van der Waals surface area contributed by atoms with Gasteiger partial charge in [0.1, 0.15) is 0 Å². The zero-order valence-electron chi connectivity index (χ0n) is 8.91. The molecule has 1 amide bonds. The van der Waals surface area contributed by atoms with Crippen LogP contribution in [-0.4, -0.2) is 23.0 Å². The summed E-state index contributed by atoms with van der Waals surface area (Å²) in [5.41, 5.74) is 5.61. The number of amides is 1. The first-order valence-corrected chi connectivity index (χ1v) is 5.87. The number of nitrogens with two attached hydrogens (primary N) is 1. The summed E-state index contributed by atoms with van der Waals surface area (Å²) < 4.78 is 0. The van der Waals surface area contributed by atoms with Crippen molar-refractivity contribution in [3.05, 3.63) is 27.2 Å². The summed E-state index contributed by atoms with van der Waals surface area (Å²) in [5.74, 6) is -1.84. The summed E-state index contributed by atoms with van der Waals surface area (Å²) in [5, 5.41) is 11.5. The van der Waals surface area contributed by atoms with Crippen LogP contribution < -0.4 is 11.1 Å². The van der Waals surface area contributed by atoms with Crippen molar-refractivity contribution in [1.29, 1.82) is 0 Å². The Bertz CT molecular complexity index is 494. The molecule has 8 heteroatoms. The van der Waals surface area contributed by atoms with E-state index in [1.807, 2.05) is 0 Å². The van der Waals surface area contributed by atoms with Crippen LogP contribution in [0, 0.1) is 0 Å². The molecule has 0 spiro atoms. The van der Waals surface area contributed by atoms with Gasteiger partial charge < -0.3 is 16.2 Å². The van der Waals surface area contributed by atoms with E-state index in [0.29, 0.717) is 0 Å². The second-order valence-corrected chi connectivity index (χ2v) is 4.66. The number of carbonyl (C=O) groups excluding carboxylic acids is 1. The van der Waals surface area contributed by atoms with Crippen LogP contribution in [0.4, 0.5) is 5.69 Å². The van der Waals surface area contributed by atoms with Gasteiger partial charge in [-0.2, -0.15) is 0 Å². The third-order valence-electron chi connectivity index (χ3n) is 2.00. The third kappa shape index (κ3) is 4.03. The van der Waals surface area contributed by atoms with Gasteiger partial charge in [0.25, 0.3) is 0 Å². The molecule has 1 aromatic rings. The maximum atomic E-state index is 11.6. The summed E-state index contributed by atoms with van der Waals surface area (Å²) in [6.07, 6.45) is -0.481. The fourth-order valence-corrected chi connectivity index (χ4v) is 1.72. The molecular formula is C10H9Cl3N2O3. The summed E-state index contributed by atoms with van der Waals surface area (Å²) in [6, 6.07) is 1.55. The van der Waals surface area contributed by atoms with E-state index in [-0.39, 0.29) is 20.8 Å². The molecule has 0 saturated carbocycles. The summed E-state index contributed by atoms with van der Waals surface area (Å²) in [7, 11) is 0. The van der Waals surface area contributed by atoms with Gasteiger partial charge in [0.2, 0.25) is 5.91 Å². The number of carboxylic acid groups (broad SMARTS) is 1. The number of halogens is 3. The van der Waals surface area contributed by atoms with Crippen molar-refractivity contribution in [3.63, 3.8) is 0 Å². The average Bonchev–Trinajstić information content (AvgIpc) is 2.24. The standard InChI is InChI=1S/C10H9Cl3N2O3/c11-4-1-6(13)8(2-5(4)12)15-10(18)7(14)3-9(16)17/h1-2,7H,3,14H2,(H,15,18)(H,16,17). The molecule has 1 aromatic carbocycles. The number of nitrogens with one attached hydrogen (secondary N) is 1. The van der Waals surface area contributed by atoms with E-state index >= 15 is 0 Å². The highest BCUT2D eigenvalue weighted by atomic mass is 35.5. The highest BCUT2D eigenvalue weighted by Gasteiger charge is 2.18. The quantitative estimate of drug-likeness (QED) is 0.744. The molecular weight excluding hydrogens is 302 g/mol. The van der Waals surface area contributed by atoms with Crippen LogP contribution >= 0.6 is 34.8 Å². The zero-order chi connectivity index (χ0) is 13.9. The molecule has 0 bridgehead atoms. The van der Waals surface area contributed by atoms with Crippen molar-refractivity contribution in [2.24, 2.45) is 5.73 Å². The van der Waals surface area contributed by atoms with Gasteiger partial charge in [-0.3, -0.25) is 9.59 Å². The summed E-state index contributed by atoms with van der Waals surface area (Å²) in [6.45, 7) is 0. The number of hydrogen-bond donors (Lipinski definition) is 3. The molecule has 1 unspecified atom stereocenters.